The van der Waals surface area contributed by atoms with E-state index < -0.39 is 45.5 Å². The van der Waals surface area contributed by atoms with Gasteiger partial charge in [0.25, 0.3) is 5.91 Å². The van der Waals surface area contributed by atoms with Crippen LogP contribution in [0.2, 0.25) is 0 Å². The standard InChI is InChI=1S/C26H30F2N2O5S/c1-35-17-5-6-18-14(9-17)7-8-30(26(34)19-10-15(19)11-22(31)32)23(18)25(33)29-16-12-20(27)24(21(28)13-16)36(2,3)4/h5-6,9,12-13,15,19,23H,7-8,10-11H2,1-4H3,(H,29,33)(H,31,32)/t15-,19+,23?/m1/s1. The van der Waals surface area contributed by atoms with Crippen LogP contribution >= 0.6 is 10.0 Å². The maximum Gasteiger partial charge on any atom is 0.303 e. The third-order valence-electron chi connectivity index (χ3n) is 6.66. The number of carboxylic acids is 1. The minimum Gasteiger partial charge on any atom is -0.497 e. The van der Waals surface area contributed by atoms with E-state index >= 15 is 0 Å². The van der Waals surface area contributed by atoms with Crippen molar-refractivity contribution in [3.05, 3.63) is 53.1 Å². The molecule has 10 heteroatoms. The van der Waals surface area contributed by atoms with Crippen molar-refractivity contribution in [2.24, 2.45) is 11.8 Å². The first-order valence-corrected chi connectivity index (χ1v) is 14.4. The molecule has 2 aliphatic rings. The molecule has 7 nitrogen and oxygen atoms in total. The lowest BCUT2D eigenvalue weighted by Crippen LogP contribution is -2.46. The number of benzene rings is 2. The average molecular weight is 521 g/mol. The number of aliphatic carboxylic acids is 1. The molecule has 0 bridgehead atoms. The van der Waals surface area contributed by atoms with Gasteiger partial charge in [-0.2, -0.15) is 0 Å². The summed E-state index contributed by atoms with van der Waals surface area (Å²) >= 11 is 0. The molecule has 4 rings (SSSR count). The van der Waals surface area contributed by atoms with Crippen LogP contribution in [0, 0.1) is 23.5 Å². The Morgan fingerprint density at radius 1 is 1.14 bits per heavy atom. The second-order valence-electron chi connectivity index (χ2n) is 10.0. The summed E-state index contributed by atoms with van der Waals surface area (Å²) in [5.41, 5.74) is 1.39. The second-order valence-corrected chi connectivity index (χ2v) is 14.1. The summed E-state index contributed by atoms with van der Waals surface area (Å²) in [6.07, 6.45) is 6.18. The Morgan fingerprint density at radius 3 is 2.39 bits per heavy atom. The number of amides is 2. The number of carboxylic acid groups (broad SMARTS) is 1. The highest BCUT2D eigenvalue weighted by Crippen LogP contribution is 2.49. The molecule has 1 fully saturated rings. The minimum atomic E-state index is -1.68. The highest BCUT2D eigenvalue weighted by atomic mass is 32.3. The van der Waals surface area contributed by atoms with E-state index in [1.165, 1.54) is 12.0 Å². The summed E-state index contributed by atoms with van der Waals surface area (Å²) in [4.78, 5) is 39.4. The zero-order chi connectivity index (χ0) is 26.4. The lowest BCUT2D eigenvalue weighted by Gasteiger charge is -2.37. The van der Waals surface area contributed by atoms with Crippen molar-refractivity contribution < 1.29 is 33.0 Å². The number of hydrogen-bond donors (Lipinski definition) is 2. The van der Waals surface area contributed by atoms with Crippen LogP contribution in [0.25, 0.3) is 0 Å². The maximum atomic E-state index is 14.8. The third kappa shape index (κ3) is 5.18. The van der Waals surface area contributed by atoms with E-state index in [1.54, 1.807) is 30.9 Å². The summed E-state index contributed by atoms with van der Waals surface area (Å²) in [5, 5.41) is 11.7. The van der Waals surface area contributed by atoms with Crippen LogP contribution in [0.1, 0.15) is 30.0 Å². The Balaban J connectivity index is 1.65. The highest BCUT2D eigenvalue weighted by Gasteiger charge is 2.49. The van der Waals surface area contributed by atoms with Gasteiger partial charge >= 0.3 is 5.97 Å². The van der Waals surface area contributed by atoms with Crippen molar-refractivity contribution in [3.63, 3.8) is 0 Å². The number of carbonyl (C=O) groups is 3. The predicted molar refractivity (Wildman–Crippen MR) is 134 cm³/mol. The van der Waals surface area contributed by atoms with Gasteiger partial charge in [0, 0.05) is 24.6 Å². The molecule has 1 unspecified atom stereocenters. The van der Waals surface area contributed by atoms with Crippen molar-refractivity contribution in [3.8, 4) is 5.75 Å². The molecule has 1 aliphatic heterocycles. The highest BCUT2D eigenvalue weighted by molar-refractivity contribution is 8.32. The van der Waals surface area contributed by atoms with E-state index in [4.69, 9.17) is 9.84 Å². The monoisotopic (exact) mass is 520 g/mol. The molecule has 2 N–H and O–H groups in total. The van der Waals surface area contributed by atoms with Gasteiger partial charge in [-0.3, -0.25) is 14.4 Å². The van der Waals surface area contributed by atoms with Crippen molar-refractivity contribution in [2.45, 2.75) is 30.2 Å². The number of ether oxygens (including phenoxy) is 1. The molecule has 0 saturated heterocycles. The van der Waals surface area contributed by atoms with Crippen LogP contribution < -0.4 is 10.1 Å². The molecule has 1 aliphatic carbocycles. The molecule has 0 spiro atoms. The van der Waals surface area contributed by atoms with Crippen LogP contribution in [-0.4, -0.2) is 60.2 Å². The van der Waals surface area contributed by atoms with Gasteiger partial charge < -0.3 is 20.1 Å². The molecule has 2 aromatic carbocycles. The summed E-state index contributed by atoms with van der Waals surface area (Å²) in [5.74, 6) is -3.42. The predicted octanol–water partition coefficient (Wildman–Crippen LogP) is 4.20. The molecule has 1 saturated carbocycles. The number of carbonyl (C=O) groups excluding carboxylic acids is 2. The zero-order valence-corrected chi connectivity index (χ0v) is 21.5. The summed E-state index contributed by atoms with van der Waals surface area (Å²) in [7, 11) is -0.148. The summed E-state index contributed by atoms with van der Waals surface area (Å²) < 4.78 is 34.9. The van der Waals surface area contributed by atoms with E-state index in [0.29, 0.717) is 24.2 Å². The molecule has 36 heavy (non-hydrogen) atoms. The van der Waals surface area contributed by atoms with Crippen molar-refractivity contribution in [2.75, 3.05) is 37.7 Å². The van der Waals surface area contributed by atoms with Gasteiger partial charge in [0.2, 0.25) is 5.91 Å². The number of hydrogen-bond acceptors (Lipinski definition) is 4. The van der Waals surface area contributed by atoms with Gasteiger partial charge in [0.15, 0.2) is 0 Å². The molecule has 0 radical (unpaired) electrons. The summed E-state index contributed by atoms with van der Waals surface area (Å²) in [6, 6.07) is 6.38. The number of nitrogens with zero attached hydrogens (tertiary/aromatic N) is 1. The van der Waals surface area contributed by atoms with Gasteiger partial charge in [-0.05, 0) is 72.9 Å². The Kier molecular flexibility index (Phi) is 7.01. The maximum absolute atomic E-state index is 14.8. The zero-order valence-electron chi connectivity index (χ0n) is 20.6. The lowest BCUT2D eigenvalue weighted by molar-refractivity contribution is -0.141. The first kappa shape index (κ1) is 25.9. The van der Waals surface area contributed by atoms with E-state index in [1.807, 2.05) is 6.07 Å². The fourth-order valence-corrected chi connectivity index (χ4v) is 6.18. The van der Waals surface area contributed by atoms with Gasteiger partial charge in [-0.25, -0.2) is 18.8 Å². The topological polar surface area (TPSA) is 95.9 Å². The molecule has 3 atom stereocenters. The fourth-order valence-electron chi connectivity index (χ4n) is 4.89. The number of halogens is 2. The largest absolute Gasteiger partial charge is 0.497 e. The number of anilines is 1. The van der Waals surface area contributed by atoms with E-state index in [2.05, 4.69) is 5.32 Å². The second kappa shape index (κ2) is 9.72. The van der Waals surface area contributed by atoms with Gasteiger partial charge in [-0.15, -0.1) is 0 Å². The van der Waals surface area contributed by atoms with Gasteiger partial charge in [-0.1, -0.05) is 6.07 Å². The van der Waals surface area contributed by atoms with Crippen molar-refractivity contribution in [1.29, 1.82) is 0 Å². The van der Waals surface area contributed by atoms with Crippen molar-refractivity contribution >= 4 is 33.5 Å². The molecular weight excluding hydrogens is 490 g/mol. The molecule has 0 aromatic heterocycles. The van der Waals surface area contributed by atoms with Crippen LogP contribution in [0.4, 0.5) is 14.5 Å². The first-order chi connectivity index (χ1) is 16.9. The SMILES string of the molecule is COc1ccc2c(c1)CCN(C(=O)[C@H]1C[C@@H]1CC(=O)O)C2C(=O)Nc1cc(F)c(S(C)(C)C)c(F)c1. The lowest BCUT2D eigenvalue weighted by atomic mass is 9.91. The smallest absolute Gasteiger partial charge is 0.303 e. The first-order valence-electron chi connectivity index (χ1n) is 11.6. The molecule has 2 aromatic rings. The molecular formula is C26H30F2N2O5S. The summed E-state index contributed by atoms with van der Waals surface area (Å²) in [6.45, 7) is 0.252. The van der Waals surface area contributed by atoms with Crippen LogP contribution in [0.5, 0.6) is 5.75 Å². The fraction of sp³-hybridized carbons (Fsp3) is 0.423. The quantitative estimate of drug-likeness (QED) is 0.571. The Hall–Kier alpha value is -3.14. The average Bonchev–Trinajstić information content (AvgIpc) is 3.54. The number of rotatable bonds is 7. The Morgan fingerprint density at radius 2 is 1.81 bits per heavy atom. The van der Waals surface area contributed by atoms with E-state index in [9.17, 15) is 23.2 Å². The normalized spacial score (nSPS) is 21.4. The molecule has 194 valence electrons. The van der Waals surface area contributed by atoms with Crippen LogP contribution in [0.3, 0.4) is 0 Å². The Bertz CT molecular complexity index is 1210. The van der Waals surface area contributed by atoms with Gasteiger partial charge in [0.05, 0.1) is 12.0 Å². The van der Waals surface area contributed by atoms with E-state index in [-0.39, 0.29) is 35.4 Å². The van der Waals surface area contributed by atoms with Crippen LogP contribution in [0.15, 0.2) is 35.2 Å². The van der Waals surface area contributed by atoms with Gasteiger partial charge in [0.1, 0.15) is 23.4 Å². The third-order valence-corrected chi connectivity index (χ3v) is 8.28. The molecule has 1 heterocycles. The molecule has 2 amide bonds. The van der Waals surface area contributed by atoms with Crippen LogP contribution in [-0.2, 0) is 20.8 Å². The van der Waals surface area contributed by atoms with Crippen molar-refractivity contribution in [1.82, 2.24) is 4.90 Å². The number of methoxy groups -OCH3 is 1. The van der Waals surface area contributed by atoms with E-state index in [0.717, 1.165) is 17.7 Å². The number of fused-ring (bicyclic) bond motifs is 1. The minimum absolute atomic E-state index is 0.00520. The number of nitrogens with one attached hydrogen (secondary N) is 1. The Labute approximate surface area is 210 Å².